The highest BCUT2D eigenvalue weighted by atomic mass is 32.2. The first-order chi connectivity index (χ1) is 11.7. The predicted molar refractivity (Wildman–Crippen MR) is 93.8 cm³/mol. The largest absolute Gasteiger partial charge is 0.325 e. The zero-order valence-corrected chi connectivity index (χ0v) is 14.8. The van der Waals surface area contributed by atoms with Crippen LogP contribution in [-0.2, 0) is 21.4 Å². The molecule has 0 spiro atoms. The maximum Gasteiger partial charge on any atom is 0.241 e. The summed E-state index contributed by atoms with van der Waals surface area (Å²) in [7, 11) is -2.05. The van der Waals surface area contributed by atoms with Crippen LogP contribution < -0.4 is 10.5 Å². The van der Waals surface area contributed by atoms with Crippen LogP contribution in [0, 0.1) is 5.82 Å². The van der Waals surface area contributed by atoms with E-state index in [0.29, 0.717) is 11.3 Å². The number of sulfonamides is 1. The zero-order chi connectivity index (χ0) is 18.6. The van der Waals surface area contributed by atoms with Crippen LogP contribution >= 0.6 is 0 Å². The van der Waals surface area contributed by atoms with Crippen LogP contribution in [0.4, 0.5) is 10.1 Å². The molecule has 134 valence electrons. The highest BCUT2D eigenvalue weighted by molar-refractivity contribution is 7.89. The first kappa shape index (κ1) is 19.0. The number of amides is 1. The number of rotatable bonds is 6. The van der Waals surface area contributed by atoms with Crippen LogP contribution in [-0.4, -0.2) is 32.3 Å². The number of nitrogens with two attached hydrogens (primary N) is 1. The molecule has 0 radical (unpaired) electrons. The Balaban J connectivity index is 2.01. The van der Waals surface area contributed by atoms with Gasteiger partial charge in [-0.15, -0.1) is 0 Å². The average Bonchev–Trinajstić information content (AvgIpc) is 2.55. The Hall–Kier alpha value is -2.29. The monoisotopic (exact) mass is 365 g/mol. The van der Waals surface area contributed by atoms with Gasteiger partial charge in [-0.3, -0.25) is 9.69 Å². The number of carbonyl (C=O) groups is 1. The second kappa shape index (κ2) is 7.73. The second-order valence-corrected chi connectivity index (χ2v) is 7.30. The van der Waals surface area contributed by atoms with Crippen LogP contribution in [0.15, 0.2) is 53.4 Å². The van der Waals surface area contributed by atoms with Crippen LogP contribution in [0.1, 0.15) is 12.5 Å². The molecule has 0 saturated carbocycles. The lowest BCUT2D eigenvalue weighted by atomic mass is 10.1. The van der Waals surface area contributed by atoms with Gasteiger partial charge in [-0.25, -0.2) is 17.9 Å². The molecular weight excluding hydrogens is 345 g/mol. The molecule has 2 aromatic carbocycles. The first-order valence-corrected chi connectivity index (χ1v) is 9.10. The van der Waals surface area contributed by atoms with Crippen LogP contribution in [0.3, 0.4) is 0 Å². The molecule has 0 saturated heterocycles. The third-order valence-electron chi connectivity index (χ3n) is 3.87. The van der Waals surface area contributed by atoms with E-state index in [1.165, 1.54) is 30.3 Å². The van der Waals surface area contributed by atoms with Crippen molar-refractivity contribution in [2.45, 2.75) is 24.4 Å². The molecule has 0 bridgehead atoms. The van der Waals surface area contributed by atoms with Gasteiger partial charge in [-0.1, -0.05) is 18.2 Å². The van der Waals surface area contributed by atoms with E-state index in [2.05, 4.69) is 5.32 Å². The van der Waals surface area contributed by atoms with E-state index in [1.807, 2.05) is 0 Å². The van der Waals surface area contributed by atoms with Gasteiger partial charge in [0.1, 0.15) is 5.82 Å². The first-order valence-electron chi connectivity index (χ1n) is 7.56. The summed E-state index contributed by atoms with van der Waals surface area (Å²) in [6.45, 7) is 1.99. The fraction of sp³-hybridized carbons (Fsp3) is 0.235. The molecular formula is C17H20FN3O3S. The molecule has 3 N–H and O–H groups in total. The molecule has 1 atom stereocenters. The average molecular weight is 365 g/mol. The topological polar surface area (TPSA) is 92.5 Å². The smallest absolute Gasteiger partial charge is 0.241 e. The van der Waals surface area contributed by atoms with E-state index < -0.39 is 16.1 Å². The molecule has 0 aliphatic heterocycles. The number of nitrogens with zero attached hydrogens (tertiary/aromatic N) is 1. The molecule has 6 nitrogen and oxygen atoms in total. The van der Waals surface area contributed by atoms with Gasteiger partial charge in [0.05, 0.1) is 10.9 Å². The predicted octanol–water partition coefficient (Wildman–Crippen LogP) is 1.93. The molecule has 0 aromatic heterocycles. The summed E-state index contributed by atoms with van der Waals surface area (Å²) in [6, 6.07) is 11.4. The lowest BCUT2D eigenvalue weighted by Gasteiger charge is -2.24. The molecule has 2 aromatic rings. The zero-order valence-electron chi connectivity index (χ0n) is 13.9. The maximum atomic E-state index is 13.7. The van der Waals surface area contributed by atoms with Crippen molar-refractivity contribution >= 4 is 21.6 Å². The second-order valence-electron chi connectivity index (χ2n) is 5.74. The highest BCUT2D eigenvalue weighted by Crippen LogP contribution is 2.15. The molecule has 1 unspecified atom stereocenters. The van der Waals surface area contributed by atoms with E-state index >= 15 is 0 Å². The number of nitrogens with one attached hydrogen (secondary N) is 1. The van der Waals surface area contributed by atoms with Gasteiger partial charge in [0.15, 0.2) is 0 Å². The Labute approximate surface area is 146 Å². The maximum absolute atomic E-state index is 13.7. The van der Waals surface area contributed by atoms with Gasteiger partial charge < -0.3 is 5.32 Å². The van der Waals surface area contributed by atoms with Gasteiger partial charge in [0.2, 0.25) is 15.9 Å². The van der Waals surface area contributed by atoms with Crippen molar-refractivity contribution in [3.05, 3.63) is 59.9 Å². The summed E-state index contributed by atoms with van der Waals surface area (Å²) in [5, 5.41) is 7.72. The fourth-order valence-electron chi connectivity index (χ4n) is 2.21. The molecule has 0 heterocycles. The van der Waals surface area contributed by atoms with Crippen molar-refractivity contribution in [3.8, 4) is 0 Å². The van der Waals surface area contributed by atoms with Gasteiger partial charge in [-0.2, -0.15) is 0 Å². The molecule has 8 heteroatoms. The highest BCUT2D eigenvalue weighted by Gasteiger charge is 2.19. The summed E-state index contributed by atoms with van der Waals surface area (Å²) in [6.07, 6.45) is 0. The summed E-state index contributed by atoms with van der Waals surface area (Å²) >= 11 is 0. The Kier molecular flexibility index (Phi) is 5.89. The normalized spacial score (nSPS) is 12.8. The van der Waals surface area contributed by atoms with Crippen LogP contribution in [0.2, 0.25) is 0 Å². The fourth-order valence-corrected chi connectivity index (χ4v) is 2.72. The number of halogens is 1. The summed E-state index contributed by atoms with van der Waals surface area (Å²) in [5.41, 5.74) is 0.950. The van der Waals surface area contributed by atoms with E-state index in [1.54, 1.807) is 37.1 Å². The Morgan fingerprint density at radius 2 is 1.80 bits per heavy atom. The SMILES string of the molecule is CC(C(=O)Nc1ccc(S(N)(=O)=O)cc1)N(C)Cc1ccccc1F. The summed E-state index contributed by atoms with van der Waals surface area (Å²) in [4.78, 5) is 14.0. The standard InChI is InChI=1S/C17H20FN3O3S/c1-12(21(2)11-13-5-3-4-6-16(13)18)17(22)20-14-7-9-15(10-8-14)25(19,23)24/h3-10,12H,11H2,1-2H3,(H,20,22)(H2,19,23,24). The number of carbonyl (C=O) groups excluding carboxylic acids is 1. The minimum Gasteiger partial charge on any atom is -0.325 e. The number of benzene rings is 2. The summed E-state index contributed by atoms with van der Waals surface area (Å²) < 4.78 is 36.1. The minimum atomic E-state index is -3.77. The molecule has 25 heavy (non-hydrogen) atoms. The lowest BCUT2D eigenvalue weighted by molar-refractivity contribution is -0.120. The number of primary sulfonamides is 1. The Bertz CT molecular complexity index is 854. The van der Waals surface area contributed by atoms with E-state index in [0.717, 1.165) is 0 Å². The number of anilines is 1. The Morgan fingerprint density at radius 3 is 2.36 bits per heavy atom. The third kappa shape index (κ3) is 5.09. The number of likely N-dealkylation sites (N-methyl/N-ethyl adjacent to an activating group) is 1. The van der Waals surface area contributed by atoms with E-state index in [4.69, 9.17) is 5.14 Å². The minimum absolute atomic E-state index is 0.0322. The molecule has 2 rings (SSSR count). The van der Waals surface area contributed by atoms with E-state index in [-0.39, 0.29) is 23.2 Å². The van der Waals surface area contributed by atoms with Crippen molar-refractivity contribution in [2.24, 2.45) is 5.14 Å². The molecule has 0 fully saturated rings. The third-order valence-corrected chi connectivity index (χ3v) is 4.80. The number of hydrogen-bond donors (Lipinski definition) is 2. The van der Waals surface area contributed by atoms with Crippen molar-refractivity contribution < 1.29 is 17.6 Å². The quantitative estimate of drug-likeness (QED) is 0.818. The molecule has 0 aliphatic carbocycles. The summed E-state index contributed by atoms with van der Waals surface area (Å²) in [5.74, 6) is -0.609. The van der Waals surface area contributed by atoms with Crippen molar-refractivity contribution in [1.29, 1.82) is 0 Å². The van der Waals surface area contributed by atoms with Crippen LogP contribution in [0.25, 0.3) is 0 Å². The molecule has 0 aliphatic rings. The van der Waals surface area contributed by atoms with Gasteiger partial charge >= 0.3 is 0 Å². The van der Waals surface area contributed by atoms with Crippen molar-refractivity contribution in [2.75, 3.05) is 12.4 Å². The van der Waals surface area contributed by atoms with E-state index in [9.17, 15) is 17.6 Å². The Morgan fingerprint density at radius 1 is 1.20 bits per heavy atom. The van der Waals surface area contributed by atoms with Gasteiger partial charge in [0.25, 0.3) is 0 Å². The number of hydrogen-bond acceptors (Lipinski definition) is 4. The van der Waals surface area contributed by atoms with Crippen molar-refractivity contribution in [3.63, 3.8) is 0 Å². The lowest BCUT2D eigenvalue weighted by Crippen LogP contribution is -2.39. The van der Waals surface area contributed by atoms with Crippen molar-refractivity contribution in [1.82, 2.24) is 4.90 Å². The van der Waals surface area contributed by atoms with Gasteiger partial charge in [-0.05, 0) is 44.3 Å². The molecule has 1 amide bonds. The van der Waals surface area contributed by atoms with Crippen LogP contribution in [0.5, 0.6) is 0 Å². The van der Waals surface area contributed by atoms with Gasteiger partial charge in [0, 0.05) is 17.8 Å².